The Morgan fingerprint density at radius 2 is 1.76 bits per heavy atom. The fraction of sp³-hybridized carbons (Fsp3) is 0.727. The smallest absolute Gasteiger partial charge is 0.306 e. The maximum Gasteiger partial charge on any atom is 0.306 e. The van der Waals surface area contributed by atoms with Crippen molar-refractivity contribution >= 4 is 17.8 Å². The van der Waals surface area contributed by atoms with Crippen LogP contribution in [0.25, 0.3) is 0 Å². The van der Waals surface area contributed by atoms with Crippen molar-refractivity contribution in [3.8, 4) is 0 Å². The minimum Gasteiger partial charge on any atom is -0.460 e. The van der Waals surface area contributed by atoms with Gasteiger partial charge >= 0.3 is 5.97 Å². The van der Waals surface area contributed by atoms with Gasteiger partial charge in [-0.25, -0.2) is 0 Å². The van der Waals surface area contributed by atoms with E-state index in [2.05, 4.69) is 5.32 Å². The third-order valence-electron chi connectivity index (χ3n) is 1.78. The van der Waals surface area contributed by atoms with Gasteiger partial charge in [0.1, 0.15) is 11.6 Å². The Hall–Kier alpha value is -1.59. The quantitative estimate of drug-likeness (QED) is 0.670. The van der Waals surface area contributed by atoms with Crippen molar-refractivity contribution in [2.45, 2.75) is 52.2 Å². The molecule has 1 unspecified atom stereocenters. The maximum absolute atomic E-state index is 11.3. The predicted octanol–water partition coefficient (Wildman–Crippen LogP) is 0.0983. The molecule has 6 nitrogen and oxygen atoms in total. The maximum atomic E-state index is 11.3. The lowest BCUT2D eigenvalue weighted by Crippen LogP contribution is -2.42. The zero-order valence-electron chi connectivity index (χ0n) is 10.7. The summed E-state index contributed by atoms with van der Waals surface area (Å²) in [6.45, 7) is 6.73. The van der Waals surface area contributed by atoms with Gasteiger partial charge in [-0.2, -0.15) is 0 Å². The van der Waals surface area contributed by atoms with Crippen LogP contribution in [0.5, 0.6) is 0 Å². The third-order valence-corrected chi connectivity index (χ3v) is 1.78. The van der Waals surface area contributed by atoms with Crippen molar-refractivity contribution in [1.29, 1.82) is 0 Å². The van der Waals surface area contributed by atoms with Crippen LogP contribution in [0.2, 0.25) is 0 Å². The molecule has 0 aliphatic heterocycles. The van der Waals surface area contributed by atoms with E-state index in [0.717, 1.165) is 0 Å². The molecule has 3 N–H and O–H groups in total. The molecule has 0 saturated carbocycles. The lowest BCUT2D eigenvalue weighted by atomic mass is 10.2. The van der Waals surface area contributed by atoms with Crippen LogP contribution in [0.3, 0.4) is 0 Å². The van der Waals surface area contributed by atoms with Gasteiger partial charge in [0, 0.05) is 6.42 Å². The van der Waals surface area contributed by atoms with Gasteiger partial charge in [0.05, 0.1) is 6.42 Å². The first-order valence-corrected chi connectivity index (χ1v) is 5.42. The van der Waals surface area contributed by atoms with E-state index in [-0.39, 0.29) is 12.8 Å². The van der Waals surface area contributed by atoms with Crippen LogP contribution in [0.15, 0.2) is 0 Å². The summed E-state index contributed by atoms with van der Waals surface area (Å²) in [5.74, 6) is -1.46. The van der Waals surface area contributed by atoms with E-state index in [1.54, 1.807) is 20.8 Å². The van der Waals surface area contributed by atoms with E-state index in [4.69, 9.17) is 10.5 Å². The van der Waals surface area contributed by atoms with Crippen molar-refractivity contribution in [3.63, 3.8) is 0 Å². The number of carbonyl (C=O) groups excluding carboxylic acids is 3. The summed E-state index contributed by atoms with van der Waals surface area (Å²) in [7, 11) is 0. The lowest BCUT2D eigenvalue weighted by Gasteiger charge is -2.19. The molecule has 0 aromatic rings. The number of carbonyl (C=O) groups is 3. The average Bonchev–Trinajstić information content (AvgIpc) is 2.11. The number of primary amides is 1. The van der Waals surface area contributed by atoms with Gasteiger partial charge in [0.15, 0.2) is 0 Å². The van der Waals surface area contributed by atoms with Gasteiger partial charge < -0.3 is 15.8 Å². The second-order valence-electron chi connectivity index (χ2n) is 4.78. The van der Waals surface area contributed by atoms with Gasteiger partial charge in [0.25, 0.3) is 0 Å². The molecule has 0 spiro atoms. The van der Waals surface area contributed by atoms with Gasteiger partial charge in [0.2, 0.25) is 11.8 Å². The molecule has 98 valence electrons. The highest BCUT2D eigenvalue weighted by Crippen LogP contribution is 2.08. The van der Waals surface area contributed by atoms with Crippen LogP contribution in [-0.2, 0) is 19.1 Å². The number of nitrogens with two attached hydrogens (primary N) is 1. The van der Waals surface area contributed by atoms with Gasteiger partial charge in [-0.1, -0.05) is 0 Å². The number of nitrogens with one attached hydrogen (secondary N) is 1. The molecule has 0 saturated heterocycles. The SMILES string of the molecule is CC(NC(=O)CCC(=O)OC(C)(C)C)C(N)=O. The minimum absolute atomic E-state index is 0.0193. The van der Waals surface area contributed by atoms with Gasteiger partial charge in [-0.15, -0.1) is 0 Å². The monoisotopic (exact) mass is 244 g/mol. The molecule has 0 bridgehead atoms. The largest absolute Gasteiger partial charge is 0.460 e. The highest BCUT2D eigenvalue weighted by Gasteiger charge is 2.18. The molecule has 0 radical (unpaired) electrons. The molecule has 6 heteroatoms. The summed E-state index contributed by atoms with van der Waals surface area (Å²) in [6, 6.07) is -0.735. The molecule has 17 heavy (non-hydrogen) atoms. The van der Waals surface area contributed by atoms with E-state index >= 15 is 0 Å². The van der Waals surface area contributed by atoms with E-state index in [1.165, 1.54) is 6.92 Å². The Bertz CT molecular complexity index is 307. The first kappa shape index (κ1) is 15.4. The van der Waals surface area contributed by atoms with Crippen LogP contribution in [-0.4, -0.2) is 29.4 Å². The topological polar surface area (TPSA) is 98.5 Å². The number of rotatable bonds is 5. The Labute approximate surface area is 101 Å². The number of hydrogen-bond donors (Lipinski definition) is 2. The first-order chi connectivity index (χ1) is 7.61. The number of ether oxygens (including phenoxy) is 1. The molecule has 0 fully saturated rings. The van der Waals surface area contributed by atoms with Crippen LogP contribution < -0.4 is 11.1 Å². The van der Waals surface area contributed by atoms with E-state index in [9.17, 15) is 14.4 Å². The van der Waals surface area contributed by atoms with Crippen molar-refractivity contribution in [1.82, 2.24) is 5.32 Å². The Kier molecular flexibility index (Phi) is 5.64. The lowest BCUT2D eigenvalue weighted by molar-refractivity contribution is -0.155. The predicted molar refractivity (Wildman–Crippen MR) is 61.9 cm³/mol. The fourth-order valence-electron chi connectivity index (χ4n) is 0.993. The van der Waals surface area contributed by atoms with E-state index in [1.807, 2.05) is 0 Å². The average molecular weight is 244 g/mol. The number of hydrogen-bond acceptors (Lipinski definition) is 4. The molecular formula is C11H20N2O4. The highest BCUT2D eigenvalue weighted by molar-refractivity contribution is 5.87. The van der Waals surface area contributed by atoms with Crippen LogP contribution in [0.4, 0.5) is 0 Å². The van der Waals surface area contributed by atoms with Crippen LogP contribution in [0, 0.1) is 0 Å². The minimum atomic E-state index is -0.735. The zero-order chi connectivity index (χ0) is 13.6. The van der Waals surface area contributed by atoms with Crippen molar-refractivity contribution < 1.29 is 19.1 Å². The van der Waals surface area contributed by atoms with Gasteiger partial charge in [-0.3, -0.25) is 14.4 Å². The molecule has 0 aromatic carbocycles. The summed E-state index contributed by atoms with van der Waals surface area (Å²) in [6.07, 6.45) is -0.0406. The van der Waals surface area contributed by atoms with Gasteiger partial charge in [-0.05, 0) is 27.7 Å². The van der Waals surface area contributed by atoms with Crippen molar-refractivity contribution in [2.75, 3.05) is 0 Å². The summed E-state index contributed by atoms with van der Waals surface area (Å²) < 4.78 is 5.03. The van der Waals surface area contributed by atoms with Crippen molar-refractivity contribution in [2.24, 2.45) is 5.73 Å². The Morgan fingerprint density at radius 1 is 1.24 bits per heavy atom. The summed E-state index contributed by atoms with van der Waals surface area (Å²) in [4.78, 5) is 33.3. The molecule has 0 rings (SSSR count). The Balaban J connectivity index is 3.93. The van der Waals surface area contributed by atoms with Crippen LogP contribution in [0.1, 0.15) is 40.5 Å². The molecule has 0 aromatic heterocycles. The van der Waals surface area contributed by atoms with Crippen molar-refractivity contribution in [3.05, 3.63) is 0 Å². The molecule has 0 aliphatic rings. The first-order valence-electron chi connectivity index (χ1n) is 5.42. The van der Waals surface area contributed by atoms with E-state index in [0.29, 0.717) is 0 Å². The number of esters is 1. The molecule has 2 amide bonds. The summed E-state index contributed by atoms with van der Waals surface area (Å²) in [5.41, 5.74) is 4.42. The standard InChI is InChI=1S/C11H20N2O4/c1-7(10(12)16)13-8(14)5-6-9(15)17-11(2,3)4/h7H,5-6H2,1-4H3,(H2,12,16)(H,13,14). The summed E-state index contributed by atoms with van der Waals surface area (Å²) >= 11 is 0. The second-order valence-corrected chi connectivity index (χ2v) is 4.78. The van der Waals surface area contributed by atoms with E-state index < -0.39 is 29.4 Å². The fourth-order valence-corrected chi connectivity index (χ4v) is 0.993. The Morgan fingerprint density at radius 3 is 2.18 bits per heavy atom. The normalized spacial score (nSPS) is 12.7. The highest BCUT2D eigenvalue weighted by atomic mass is 16.6. The zero-order valence-corrected chi connectivity index (χ0v) is 10.7. The molecular weight excluding hydrogens is 224 g/mol. The van der Waals surface area contributed by atoms with Crippen LogP contribution >= 0.6 is 0 Å². The summed E-state index contributed by atoms with van der Waals surface area (Å²) in [5, 5.41) is 2.38. The number of amides is 2. The second kappa shape index (κ2) is 6.22. The molecule has 0 heterocycles. The molecule has 0 aliphatic carbocycles. The third kappa shape index (κ3) is 8.24. The molecule has 1 atom stereocenters.